The van der Waals surface area contributed by atoms with Crippen LogP contribution in [-0.2, 0) is 10.0 Å². The Kier molecular flexibility index (Phi) is 3.94. The van der Waals surface area contributed by atoms with Crippen LogP contribution in [0.15, 0.2) is 24.3 Å². The molecule has 1 aromatic rings. The molecule has 1 aromatic carbocycles. The molecule has 0 aromatic heterocycles. The molecule has 19 heavy (non-hydrogen) atoms. The van der Waals surface area contributed by atoms with Crippen LogP contribution in [-0.4, -0.2) is 26.6 Å². The van der Waals surface area contributed by atoms with Crippen molar-refractivity contribution in [2.45, 2.75) is 12.8 Å². The van der Waals surface area contributed by atoms with E-state index >= 15 is 0 Å². The maximum atomic E-state index is 11.8. The van der Waals surface area contributed by atoms with E-state index in [1.807, 2.05) is 0 Å². The number of ether oxygens (including phenoxy) is 1. The van der Waals surface area contributed by atoms with Crippen molar-refractivity contribution >= 4 is 21.5 Å². The standard InChI is InChI=1S/C12H17N3O3S/c13-12(14)7-18-11-5-3-10(4-6-11)15-19(16,17)8-9-1-2-9/h3-6,9,15H,1-2,7-8H2,(H3,13,14). The van der Waals surface area contributed by atoms with E-state index in [9.17, 15) is 8.42 Å². The molecule has 2 rings (SSSR count). The second-order valence-corrected chi connectivity index (χ2v) is 6.43. The van der Waals surface area contributed by atoms with Gasteiger partial charge in [0.05, 0.1) is 5.75 Å². The number of nitrogens with two attached hydrogens (primary N) is 1. The first-order chi connectivity index (χ1) is 8.94. The quantitative estimate of drug-likeness (QED) is 0.515. The maximum Gasteiger partial charge on any atom is 0.232 e. The third-order valence-corrected chi connectivity index (χ3v) is 4.13. The number of rotatable bonds is 7. The zero-order chi connectivity index (χ0) is 13.9. The predicted octanol–water partition coefficient (Wildman–Crippen LogP) is 1.15. The minimum absolute atomic E-state index is 0.0206. The Bertz CT molecular complexity index is 550. The second-order valence-electron chi connectivity index (χ2n) is 4.67. The fourth-order valence-electron chi connectivity index (χ4n) is 1.60. The molecule has 6 nitrogen and oxygen atoms in total. The molecule has 0 saturated heterocycles. The fourth-order valence-corrected chi connectivity index (χ4v) is 3.13. The van der Waals surface area contributed by atoms with Crippen molar-refractivity contribution in [2.75, 3.05) is 17.1 Å². The second kappa shape index (κ2) is 5.48. The highest BCUT2D eigenvalue weighted by molar-refractivity contribution is 7.92. The van der Waals surface area contributed by atoms with Crippen molar-refractivity contribution in [1.82, 2.24) is 0 Å². The van der Waals surface area contributed by atoms with Crippen molar-refractivity contribution in [3.63, 3.8) is 0 Å². The Labute approximate surface area is 112 Å². The van der Waals surface area contributed by atoms with Crippen molar-refractivity contribution in [3.8, 4) is 5.75 Å². The molecule has 1 aliphatic carbocycles. The molecular weight excluding hydrogens is 266 g/mol. The van der Waals surface area contributed by atoms with Gasteiger partial charge in [0.25, 0.3) is 0 Å². The van der Waals surface area contributed by atoms with Gasteiger partial charge in [0, 0.05) is 5.69 Å². The van der Waals surface area contributed by atoms with Crippen molar-refractivity contribution < 1.29 is 13.2 Å². The molecule has 1 fully saturated rings. The Hall–Kier alpha value is -1.76. The third-order valence-electron chi connectivity index (χ3n) is 2.67. The summed E-state index contributed by atoms with van der Waals surface area (Å²) in [5.41, 5.74) is 5.68. The summed E-state index contributed by atoms with van der Waals surface area (Å²) in [5, 5.41) is 7.04. The van der Waals surface area contributed by atoms with Crippen LogP contribution < -0.4 is 15.2 Å². The first-order valence-corrected chi connectivity index (χ1v) is 7.66. The molecule has 0 spiro atoms. The number of anilines is 1. The Balaban J connectivity index is 1.92. The third kappa shape index (κ3) is 4.78. The number of nitrogens with one attached hydrogen (secondary N) is 2. The lowest BCUT2D eigenvalue weighted by atomic mass is 10.3. The van der Waals surface area contributed by atoms with Crippen LogP contribution in [0.1, 0.15) is 12.8 Å². The first-order valence-electron chi connectivity index (χ1n) is 6.01. The Morgan fingerprint density at radius 2 is 2.00 bits per heavy atom. The Morgan fingerprint density at radius 3 is 2.53 bits per heavy atom. The summed E-state index contributed by atoms with van der Waals surface area (Å²) in [6, 6.07) is 6.52. The molecule has 0 aliphatic heterocycles. The SMILES string of the molecule is N=C(N)COc1ccc(NS(=O)(=O)CC2CC2)cc1. The summed E-state index contributed by atoms with van der Waals surface area (Å²) in [6.07, 6.45) is 2.00. The minimum atomic E-state index is -3.25. The average molecular weight is 283 g/mol. The highest BCUT2D eigenvalue weighted by Crippen LogP contribution is 2.30. The van der Waals surface area contributed by atoms with Crippen LogP contribution in [0.5, 0.6) is 5.75 Å². The molecule has 0 bridgehead atoms. The van der Waals surface area contributed by atoms with Crippen LogP contribution in [0, 0.1) is 11.3 Å². The lowest BCUT2D eigenvalue weighted by Gasteiger charge is -2.09. The van der Waals surface area contributed by atoms with Gasteiger partial charge in [-0.3, -0.25) is 10.1 Å². The highest BCUT2D eigenvalue weighted by atomic mass is 32.2. The van der Waals surface area contributed by atoms with E-state index in [0.29, 0.717) is 17.4 Å². The molecule has 7 heteroatoms. The molecule has 0 radical (unpaired) electrons. The first kappa shape index (κ1) is 13.7. The van der Waals surface area contributed by atoms with E-state index < -0.39 is 10.0 Å². The summed E-state index contributed by atoms with van der Waals surface area (Å²) in [7, 11) is -3.25. The van der Waals surface area contributed by atoms with E-state index in [0.717, 1.165) is 12.8 Å². The van der Waals surface area contributed by atoms with E-state index in [2.05, 4.69) is 4.72 Å². The van der Waals surface area contributed by atoms with Crippen molar-refractivity contribution in [2.24, 2.45) is 11.7 Å². The molecule has 0 unspecified atom stereocenters. The molecule has 0 amide bonds. The zero-order valence-electron chi connectivity index (χ0n) is 10.4. The summed E-state index contributed by atoms with van der Waals surface area (Å²) in [5.74, 6) is 0.987. The lowest BCUT2D eigenvalue weighted by molar-refractivity contribution is 0.374. The maximum absolute atomic E-state index is 11.8. The largest absolute Gasteiger partial charge is 0.486 e. The highest BCUT2D eigenvalue weighted by Gasteiger charge is 2.27. The number of benzene rings is 1. The monoisotopic (exact) mass is 283 g/mol. The van der Waals surface area contributed by atoms with E-state index in [4.69, 9.17) is 15.9 Å². The zero-order valence-corrected chi connectivity index (χ0v) is 11.2. The molecule has 0 heterocycles. The van der Waals surface area contributed by atoms with Crippen LogP contribution in [0.2, 0.25) is 0 Å². The number of sulfonamides is 1. The molecule has 1 aliphatic rings. The smallest absolute Gasteiger partial charge is 0.232 e. The summed E-state index contributed by atoms with van der Waals surface area (Å²) in [4.78, 5) is 0. The van der Waals surface area contributed by atoms with Gasteiger partial charge in [-0.25, -0.2) is 8.42 Å². The Morgan fingerprint density at radius 1 is 1.37 bits per heavy atom. The predicted molar refractivity (Wildman–Crippen MR) is 74.0 cm³/mol. The van der Waals surface area contributed by atoms with Gasteiger partial charge >= 0.3 is 0 Å². The van der Waals surface area contributed by atoms with E-state index in [-0.39, 0.29) is 18.2 Å². The fraction of sp³-hybridized carbons (Fsp3) is 0.417. The van der Waals surface area contributed by atoms with Gasteiger partial charge in [-0.05, 0) is 43.0 Å². The number of hydrogen-bond donors (Lipinski definition) is 3. The number of amidine groups is 1. The van der Waals surface area contributed by atoms with Crippen LogP contribution >= 0.6 is 0 Å². The summed E-state index contributed by atoms with van der Waals surface area (Å²) >= 11 is 0. The average Bonchev–Trinajstić information content (AvgIpc) is 3.10. The molecular formula is C12H17N3O3S. The topological polar surface area (TPSA) is 105 Å². The summed E-state index contributed by atoms with van der Waals surface area (Å²) < 4.78 is 31.3. The van der Waals surface area contributed by atoms with E-state index in [1.165, 1.54) is 0 Å². The lowest BCUT2D eigenvalue weighted by Crippen LogP contribution is -2.19. The normalized spacial score (nSPS) is 14.9. The molecule has 4 N–H and O–H groups in total. The van der Waals surface area contributed by atoms with Gasteiger partial charge in [0.2, 0.25) is 10.0 Å². The van der Waals surface area contributed by atoms with Crippen LogP contribution in [0.25, 0.3) is 0 Å². The van der Waals surface area contributed by atoms with Crippen molar-refractivity contribution in [1.29, 1.82) is 5.41 Å². The van der Waals surface area contributed by atoms with Gasteiger partial charge in [-0.1, -0.05) is 0 Å². The van der Waals surface area contributed by atoms with Crippen LogP contribution in [0.4, 0.5) is 5.69 Å². The van der Waals surface area contributed by atoms with Gasteiger partial charge in [-0.2, -0.15) is 0 Å². The summed E-state index contributed by atoms with van der Waals surface area (Å²) in [6.45, 7) is 0.0206. The van der Waals surface area contributed by atoms with Gasteiger partial charge in [-0.15, -0.1) is 0 Å². The molecule has 104 valence electrons. The van der Waals surface area contributed by atoms with Gasteiger partial charge in [0.1, 0.15) is 18.2 Å². The molecule has 0 atom stereocenters. The van der Waals surface area contributed by atoms with Gasteiger partial charge in [0.15, 0.2) is 0 Å². The van der Waals surface area contributed by atoms with Crippen molar-refractivity contribution in [3.05, 3.63) is 24.3 Å². The molecule has 1 saturated carbocycles. The van der Waals surface area contributed by atoms with Gasteiger partial charge < -0.3 is 10.5 Å². The van der Waals surface area contributed by atoms with E-state index in [1.54, 1.807) is 24.3 Å². The number of hydrogen-bond acceptors (Lipinski definition) is 4. The van der Waals surface area contributed by atoms with Crippen LogP contribution in [0.3, 0.4) is 0 Å². The minimum Gasteiger partial charge on any atom is -0.486 e.